The van der Waals surface area contributed by atoms with E-state index in [9.17, 15) is 9.59 Å². The molecule has 6 heteroatoms. The van der Waals surface area contributed by atoms with Crippen LogP contribution >= 0.6 is 11.3 Å². The number of benzene rings is 1. The van der Waals surface area contributed by atoms with Crippen molar-refractivity contribution >= 4 is 28.2 Å². The van der Waals surface area contributed by atoms with E-state index >= 15 is 0 Å². The van der Waals surface area contributed by atoms with Crippen LogP contribution in [0.3, 0.4) is 0 Å². The maximum Gasteiger partial charge on any atom is 0.341 e. The molecule has 3 rings (SSSR count). The van der Waals surface area contributed by atoms with Gasteiger partial charge in [-0.3, -0.25) is 4.79 Å². The predicted octanol–water partition coefficient (Wildman–Crippen LogP) is 5.53. The molecule has 0 bridgehead atoms. The van der Waals surface area contributed by atoms with Crippen LogP contribution in [0, 0.1) is 6.92 Å². The van der Waals surface area contributed by atoms with Crippen molar-refractivity contribution in [3.05, 3.63) is 40.3 Å². The second-order valence-corrected chi connectivity index (χ2v) is 8.87. The fraction of sp³-hybridized carbons (Fsp3) is 0.478. The molecular weight excluding hydrogens is 386 g/mol. The first kappa shape index (κ1) is 21.5. The molecular formula is C23H29NO4S. The fourth-order valence-corrected chi connectivity index (χ4v) is 4.52. The number of thiophene rings is 1. The van der Waals surface area contributed by atoms with Crippen LogP contribution in [0.2, 0.25) is 0 Å². The van der Waals surface area contributed by atoms with E-state index in [1.165, 1.54) is 16.9 Å². The standard InChI is InChI=1S/C23H29NO4S/c1-5-12-28-23(26)20-19(17-10-8-16(9-11-17)14(2)3)15(4)29-22(20)24-21(25)18-7-6-13-27-18/h8-11,14,18H,5-7,12-13H2,1-4H3,(H,24,25)/t18-/m1/s1. The summed E-state index contributed by atoms with van der Waals surface area (Å²) in [5.41, 5.74) is 3.45. The molecule has 1 N–H and O–H groups in total. The number of amides is 1. The van der Waals surface area contributed by atoms with Gasteiger partial charge in [0.1, 0.15) is 16.7 Å². The largest absolute Gasteiger partial charge is 0.462 e. The number of aryl methyl sites for hydroxylation is 1. The Balaban J connectivity index is 1.98. The number of esters is 1. The minimum absolute atomic E-state index is 0.199. The average molecular weight is 416 g/mol. The zero-order valence-electron chi connectivity index (χ0n) is 17.5. The Morgan fingerprint density at radius 3 is 2.59 bits per heavy atom. The van der Waals surface area contributed by atoms with Crippen molar-refractivity contribution in [2.24, 2.45) is 0 Å². The molecule has 1 amide bonds. The SMILES string of the molecule is CCCOC(=O)c1c(NC(=O)[C@H]2CCCO2)sc(C)c1-c1ccc(C(C)C)cc1. The molecule has 0 radical (unpaired) electrons. The molecule has 2 aromatic rings. The van der Waals surface area contributed by atoms with Gasteiger partial charge < -0.3 is 14.8 Å². The van der Waals surface area contributed by atoms with Gasteiger partial charge in [0, 0.05) is 17.0 Å². The lowest BCUT2D eigenvalue weighted by Gasteiger charge is -2.12. The van der Waals surface area contributed by atoms with Gasteiger partial charge in [0.25, 0.3) is 5.91 Å². The van der Waals surface area contributed by atoms with E-state index in [1.54, 1.807) is 0 Å². The minimum Gasteiger partial charge on any atom is -0.462 e. The van der Waals surface area contributed by atoms with Gasteiger partial charge in [-0.05, 0) is 43.2 Å². The highest BCUT2D eigenvalue weighted by Gasteiger charge is 2.29. The number of carbonyl (C=O) groups is 2. The molecule has 1 aliphatic rings. The normalized spacial score (nSPS) is 16.2. The van der Waals surface area contributed by atoms with E-state index in [0.29, 0.717) is 36.1 Å². The summed E-state index contributed by atoms with van der Waals surface area (Å²) >= 11 is 1.41. The first-order valence-electron chi connectivity index (χ1n) is 10.3. The van der Waals surface area contributed by atoms with Crippen molar-refractivity contribution in [3.8, 4) is 11.1 Å². The summed E-state index contributed by atoms with van der Waals surface area (Å²) in [6, 6.07) is 8.24. The number of nitrogens with one attached hydrogen (secondary N) is 1. The summed E-state index contributed by atoms with van der Waals surface area (Å²) in [7, 11) is 0. The number of anilines is 1. The second-order valence-electron chi connectivity index (χ2n) is 7.64. The molecule has 0 spiro atoms. The minimum atomic E-state index is -0.453. The van der Waals surface area contributed by atoms with Crippen LogP contribution in [0.25, 0.3) is 11.1 Å². The average Bonchev–Trinajstić information content (AvgIpc) is 3.34. The number of rotatable bonds is 7. The molecule has 156 valence electrons. The van der Waals surface area contributed by atoms with Crippen LogP contribution in [-0.4, -0.2) is 31.2 Å². The lowest BCUT2D eigenvalue weighted by Crippen LogP contribution is -2.27. The Labute approximate surface area is 176 Å². The van der Waals surface area contributed by atoms with E-state index in [4.69, 9.17) is 9.47 Å². The molecule has 1 aliphatic heterocycles. The summed E-state index contributed by atoms with van der Waals surface area (Å²) in [5, 5.41) is 3.46. The third-order valence-electron chi connectivity index (χ3n) is 5.05. The molecule has 29 heavy (non-hydrogen) atoms. The summed E-state index contributed by atoms with van der Waals surface area (Å²) in [6.45, 7) is 9.17. The third-order valence-corrected chi connectivity index (χ3v) is 6.07. The van der Waals surface area contributed by atoms with E-state index in [1.807, 2.05) is 26.0 Å². The quantitative estimate of drug-likeness (QED) is 0.604. The van der Waals surface area contributed by atoms with Crippen molar-refractivity contribution in [3.63, 3.8) is 0 Å². The molecule has 2 heterocycles. The Hall–Kier alpha value is -2.18. The van der Waals surface area contributed by atoms with Crippen molar-refractivity contribution in [2.45, 2.75) is 59.0 Å². The second kappa shape index (κ2) is 9.55. The maximum atomic E-state index is 12.9. The van der Waals surface area contributed by atoms with Gasteiger partial charge >= 0.3 is 5.97 Å². The smallest absolute Gasteiger partial charge is 0.341 e. The van der Waals surface area contributed by atoms with Crippen LogP contribution in [-0.2, 0) is 14.3 Å². The first-order chi connectivity index (χ1) is 13.9. The highest BCUT2D eigenvalue weighted by atomic mass is 32.1. The summed E-state index contributed by atoms with van der Waals surface area (Å²) in [5.74, 6) is -0.167. The van der Waals surface area contributed by atoms with E-state index in [-0.39, 0.29) is 5.91 Å². The van der Waals surface area contributed by atoms with Crippen molar-refractivity contribution < 1.29 is 19.1 Å². The molecule has 1 aromatic carbocycles. The lowest BCUT2D eigenvalue weighted by molar-refractivity contribution is -0.124. The van der Waals surface area contributed by atoms with Gasteiger partial charge in [0.2, 0.25) is 0 Å². The van der Waals surface area contributed by atoms with E-state index < -0.39 is 12.1 Å². The number of hydrogen-bond donors (Lipinski definition) is 1. The van der Waals surface area contributed by atoms with Crippen LogP contribution < -0.4 is 5.32 Å². The van der Waals surface area contributed by atoms with Gasteiger partial charge in [0.15, 0.2) is 0 Å². The van der Waals surface area contributed by atoms with Gasteiger partial charge in [-0.2, -0.15) is 0 Å². The Bertz CT molecular complexity index is 864. The van der Waals surface area contributed by atoms with Crippen LogP contribution in [0.15, 0.2) is 24.3 Å². The van der Waals surface area contributed by atoms with Crippen LogP contribution in [0.5, 0.6) is 0 Å². The zero-order chi connectivity index (χ0) is 21.0. The molecule has 0 unspecified atom stereocenters. The monoisotopic (exact) mass is 415 g/mol. The van der Waals surface area contributed by atoms with Crippen LogP contribution in [0.1, 0.15) is 66.8 Å². The third kappa shape index (κ3) is 4.87. The molecule has 1 saturated heterocycles. The molecule has 1 aromatic heterocycles. The van der Waals surface area contributed by atoms with Gasteiger partial charge in [-0.1, -0.05) is 45.0 Å². The predicted molar refractivity (Wildman–Crippen MR) is 117 cm³/mol. The summed E-state index contributed by atoms with van der Waals surface area (Å²) in [4.78, 5) is 26.5. The molecule has 1 atom stereocenters. The lowest BCUT2D eigenvalue weighted by atomic mass is 9.97. The first-order valence-corrected chi connectivity index (χ1v) is 11.1. The van der Waals surface area contributed by atoms with E-state index in [0.717, 1.165) is 28.8 Å². The topological polar surface area (TPSA) is 64.6 Å². The molecule has 0 saturated carbocycles. The van der Waals surface area contributed by atoms with Crippen molar-refractivity contribution in [1.29, 1.82) is 0 Å². The molecule has 5 nitrogen and oxygen atoms in total. The molecule has 0 aliphatic carbocycles. The number of ether oxygens (including phenoxy) is 2. The summed E-state index contributed by atoms with van der Waals surface area (Å²) in [6.07, 6.45) is 1.87. The highest BCUT2D eigenvalue weighted by Crippen LogP contribution is 2.41. The molecule has 1 fully saturated rings. The number of carbonyl (C=O) groups excluding carboxylic acids is 2. The van der Waals surface area contributed by atoms with Crippen molar-refractivity contribution in [1.82, 2.24) is 0 Å². The summed E-state index contributed by atoms with van der Waals surface area (Å²) < 4.78 is 10.9. The van der Waals surface area contributed by atoms with Crippen LogP contribution in [0.4, 0.5) is 5.00 Å². The Morgan fingerprint density at radius 2 is 2.00 bits per heavy atom. The zero-order valence-corrected chi connectivity index (χ0v) is 18.4. The van der Waals surface area contributed by atoms with Gasteiger partial charge in [0.05, 0.1) is 6.61 Å². The highest BCUT2D eigenvalue weighted by molar-refractivity contribution is 7.17. The van der Waals surface area contributed by atoms with Crippen molar-refractivity contribution in [2.75, 3.05) is 18.5 Å². The maximum absolute atomic E-state index is 12.9. The van der Waals surface area contributed by atoms with Gasteiger partial charge in [-0.25, -0.2) is 4.79 Å². The number of hydrogen-bond acceptors (Lipinski definition) is 5. The van der Waals surface area contributed by atoms with E-state index in [2.05, 4.69) is 31.3 Å². The Morgan fingerprint density at radius 1 is 1.28 bits per heavy atom. The van der Waals surface area contributed by atoms with Gasteiger partial charge in [-0.15, -0.1) is 11.3 Å². The Kier molecular flexibility index (Phi) is 7.09. The fourth-order valence-electron chi connectivity index (χ4n) is 3.45.